The van der Waals surface area contributed by atoms with Crippen LogP contribution in [-0.2, 0) is 24.2 Å². The third-order valence-corrected chi connectivity index (χ3v) is 6.96. The van der Waals surface area contributed by atoms with Crippen LogP contribution in [0.3, 0.4) is 0 Å². The number of nitrogen functional groups attached to an aromatic ring is 1. The minimum atomic E-state index is -0.811. The topological polar surface area (TPSA) is 132 Å². The fourth-order valence-electron chi connectivity index (χ4n) is 4.92. The lowest BCUT2D eigenvalue weighted by atomic mass is 10.00. The summed E-state index contributed by atoms with van der Waals surface area (Å²) in [4.78, 5) is 29.3. The summed E-state index contributed by atoms with van der Waals surface area (Å²) >= 11 is 0. The first-order valence-electron chi connectivity index (χ1n) is 13.3. The molecule has 0 bridgehead atoms. The smallest absolute Gasteiger partial charge is 0.320 e. The molecule has 0 saturated carbocycles. The van der Waals surface area contributed by atoms with Gasteiger partial charge in [0.25, 0.3) is 6.01 Å². The van der Waals surface area contributed by atoms with Crippen molar-refractivity contribution in [3.8, 4) is 12.0 Å². The maximum Gasteiger partial charge on any atom is 0.320 e. The first kappa shape index (κ1) is 27.6. The van der Waals surface area contributed by atoms with E-state index in [9.17, 15) is 4.79 Å². The zero-order valence-corrected chi connectivity index (χ0v) is 22.6. The van der Waals surface area contributed by atoms with Crippen LogP contribution < -0.4 is 15.2 Å². The van der Waals surface area contributed by atoms with E-state index < -0.39 is 5.97 Å². The van der Waals surface area contributed by atoms with E-state index in [-0.39, 0.29) is 18.2 Å². The highest BCUT2D eigenvalue weighted by molar-refractivity contribution is 5.83. The maximum absolute atomic E-state index is 11.0. The zero-order valence-electron chi connectivity index (χ0n) is 22.6. The van der Waals surface area contributed by atoms with E-state index in [2.05, 4.69) is 50.9 Å². The Morgan fingerprint density at radius 1 is 1.11 bits per heavy atom. The number of piperazine rings is 1. The molecule has 2 aromatic heterocycles. The molecule has 1 aliphatic heterocycles. The summed E-state index contributed by atoms with van der Waals surface area (Å²) < 4.78 is 13.2. The van der Waals surface area contributed by atoms with Gasteiger partial charge in [-0.3, -0.25) is 14.3 Å². The molecule has 11 heteroatoms. The van der Waals surface area contributed by atoms with Crippen molar-refractivity contribution in [3.05, 3.63) is 35.4 Å². The van der Waals surface area contributed by atoms with Crippen LogP contribution in [0.25, 0.3) is 11.2 Å². The molecule has 1 unspecified atom stereocenters. The van der Waals surface area contributed by atoms with Crippen LogP contribution in [0.1, 0.15) is 37.3 Å². The molecule has 0 radical (unpaired) electrons. The maximum atomic E-state index is 11.0. The number of aromatic nitrogens is 4. The first-order valence-corrected chi connectivity index (χ1v) is 13.3. The molecule has 1 atom stereocenters. The molecule has 1 saturated heterocycles. The van der Waals surface area contributed by atoms with Gasteiger partial charge in [-0.25, -0.2) is 0 Å². The lowest BCUT2D eigenvalue weighted by Gasteiger charge is -2.40. The number of anilines is 1. The molecular weight excluding hydrogens is 486 g/mol. The zero-order chi connectivity index (χ0) is 27.1. The molecule has 206 valence electrons. The van der Waals surface area contributed by atoms with E-state index in [1.165, 1.54) is 5.56 Å². The largest absolute Gasteiger partial charge is 0.481 e. The monoisotopic (exact) mass is 525 g/mol. The van der Waals surface area contributed by atoms with Crippen molar-refractivity contribution in [3.63, 3.8) is 0 Å². The number of likely N-dealkylation sites (N-methyl/N-ethyl adjacent to an activating group) is 1. The fourth-order valence-corrected chi connectivity index (χ4v) is 4.92. The average Bonchev–Trinajstić information content (AvgIpc) is 3.24. The molecule has 3 N–H and O–H groups in total. The number of ether oxygens (including phenoxy) is 2. The predicted molar refractivity (Wildman–Crippen MR) is 146 cm³/mol. The molecule has 3 heterocycles. The van der Waals surface area contributed by atoms with Gasteiger partial charge in [0.15, 0.2) is 17.0 Å². The minimum Gasteiger partial charge on any atom is -0.481 e. The second kappa shape index (κ2) is 12.9. The van der Waals surface area contributed by atoms with E-state index in [0.717, 1.165) is 57.4 Å². The average molecular weight is 526 g/mol. The van der Waals surface area contributed by atoms with Crippen molar-refractivity contribution >= 4 is 23.0 Å². The summed E-state index contributed by atoms with van der Waals surface area (Å²) in [5.41, 5.74) is 9.36. The number of fused-ring (bicyclic) bond motifs is 1. The van der Waals surface area contributed by atoms with Crippen molar-refractivity contribution in [2.45, 2.75) is 51.6 Å². The number of carboxylic acid groups (broad SMARTS) is 1. The molecule has 4 rings (SSSR count). The van der Waals surface area contributed by atoms with Gasteiger partial charge in [0.1, 0.15) is 0 Å². The number of methoxy groups -OCH3 is 1. The number of nitrogens with zero attached hydrogens (tertiary/aromatic N) is 6. The highest BCUT2D eigenvalue weighted by Gasteiger charge is 2.25. The van der Waals surface area contributed by atoms with Gasteiger partial charge in [-0.1, -0.05) is 37.6 Å². The van der Waals surface area contributed by atoms with Gasteiger partial charge < -0.3 is 25.2 Å². The van der Waals surface area contributed by atoms with Crippen molar-refractivity contribution < 1.29 is 19.4 Å². The van der Waals surface area contributed by atoms with Crippen molar-refractivity contribution in [1.82, 2.24) is 29.3 Å². The summed E-state index contributed by atoms with van der Waals surface area (Å²) in [5.74, 6) is -0.526. The van der Waals surface area contributed by atoms with Gasteiger partial charge in [-0.05, 0) is 37.4 Å². The lowest BCUT2D eigenvalue weighted by Crippen LogP contribution is -2.53. The SMILES string of the molecule is CCCCOc1nc(N)c2nc(OC)n(CCCN3CCN(C)CC3Cc3ccc(CC(=O)O)cc3)c2n1. The third kappa shape index (κ3) is 6.90. The van der Waals surface area contributed by atoms with Gasteiger partial charge in [0.05, 0.1) is 20.1 Å². The van der Waals surface area contributed by atoms with Crippen LogP contribution in [0.4, 0.5) is 5.82 Å². The number of imidazole rings is 1. The molecule has 11 nitrogen and oxygen atoms in total. The second-order valence-corrected chi connectivity index (χ2v) is 9.91. The molecule has 1 aromatic carbocycles. The van der Waals surface area contributed by atoms with Gasteiger partial charge in [0.2, 0.25) is 0 Å². The summed E-state index contributed by atoms with van der Waals surface area (Å²) in [7, 11) is 3.76. The highest BCUT2D eigenvalue weighted by atomic mass is 16.5. The van der Waals surface area contributed by atoms with Crippen molar-refractivity contribution in [2.75, 3.05) is 52.7 Å². The number of carbonyl (C=O) groups is 1. The second-order valence-electron chi connectivity index (χ2n) is 9.91. The summed E-state index contributed by atoms with van der Waals surface area (Å²) in [6, 6.07) is 9.05. The first-order chi connectivity index (χ1) is 18.4. The summed E-state index contributed by atoms with van der Waals surface area (Å²) in [5, 5.41) is 9.03. The number of hydrogen-bond donors (Lipinski definition) is 2. The molecule has 1 fully saturated rings. The highest BCUT2D eigenvalue weighted by Crippen LogP contribution is 2.26. The molecule has 3 aromatic rings. The number of carboxylic acids is 1. The molecule has 0 aliphatic carbocycles. The Kier molecular flexibility index (Phi) is 9.35. The molecular formula is C27H39N7O4. The van der Waals surface area contributed by atoms with E-state index in [1.54, 1.807) is 7.11 Å². The number of aryl methyl sites for hydroxylation is 1. The quantitative estimate of drug-likeness (QED) is 0.321. The number of benzene rings is 1. The predicted octanol–water partition coefficient (Wildman–Crippen LogP) is 2.47. The van der Waals surface area contributed by atoms with Crippen LogP contribution in [-0.4, -0.2) is 93.4 Å². The van der Waals surface area contributed by atoms with Crippen LogP contribution in [0.5, 0.6) is 12.0 Å². The van der Waals surface area contributed by atoms with E-state index >= 15 is 0 Å². The Bertz CT molecular complexity index is 1210. The Morgan fingerprint density at radius 2 is 1.87 bits per heavy atom. The lowest BCUT2D eigenvalue weighted by molar-refractivity contribution is -0.136. The number of aliphatic carboxylic acids is 1. The van der Waals surface area contributed by atoms with Crippen molar-refractivity contribution in [1.29, 1.82) is 0 Å². The Labute approximate surface area is 223 Å². The molecule has 0 amide bonds. The molecule has 38 heavy (non-hydrogen) atoms. The Balaban J connectivity index is 1.43. The van der Waals surface area contributed by atoms with Crippen LogP contribution in [0.15, 0.2) is 24.3 Å². The van der Waals surface area contributed by atoms with Crippen LogP contribution >= 0.6 is 0 Å². The third-order valence-electron chi connectivity index (χ3n) is 6.96. The van der Waals surface area contributed by atoms with Crippen molar-refractivity contribution in [2.24, 2.45) is 0 Å². The van der Waals surface area contributed by atoms with Gasteiger partial charge >= 0.3 is 12.0 Å². The van der Waals surface area contributed by atoms with Crippen LogP contribution in [0, 0.1) is 0 Å². The number of rotatable bonds is 13. The Morgan fingerprint density at radius 3 is 2.58 bits per heavy atom. The molecule has 1 aliphatic rings. The van der Waals surface area contributed by atoms with Gasteiger partial charge in [-0.15, -0.1) is 0 Å². The van der Waals surface area contributed by atoms with Gasteiger partial charge in [-0.2, -0.15) is 15.0 Å². The van der Waals surface area contributed by atoms with Gasteiger partial charge in [0, 0.05) is 38.8 Å². The fraction of sp³-hybridized carbons (Fsp3) is 0.556. The van der Waals surface area contributed by atoms with Crippen LogP contribution in [0.2, 0.25) is 0 Å². The minimum absolute atomic E-state index is 0.0495. The number of hydrogen-bond acceptors (Lipinski definition) is 9. The van der Waals surface area contributed by atoms with E-state index in [4.69, 9.17) is 20.3 Å². The number of unbranched alkanes of at least 4 members (excludes halogenated alkanes) is 1. The summed E-state index contributed by atoms with van der Waals surface area (Å²) in [6.07, 6.45) is 3.79. The van der Waals surface area contributed by atoms with E-state index in [0.29, 0.717) is 36.4 Å². The standard InChI is InChI=1S/C27H39N7O4/c1-4-5-15-38-26-30-24(28)23-25(31-26)34(27(29-23)37-3)12-6-11-33-14-13-32(2)18-21(33)16-19-7-9-20(10-8-19)17-22(35)36/h7-10,21H,4-6,11-18H2,1-3H3,(H,35,36)(H2,28,30,31). The number of nitrogens with two attached hydrogens (primary N) is 1. The molecule has 0 spiro atoms. The van der Waals surface area contributed by atoms with E-state index in [1.807, 2.05) is 16.7 Å². The Hall–Kier alpha value is -3.44. The summed E-state index contributed by atoms with van der Waals surface area (Å²) in [6.45, 7) is 7.23. The normalized spacial score (nSPS) is 16.7.